The smallest absolute Gasteiger partial charge is 0.150 e. The zero-order valence-corrected chi connectivity index (χ0v) is 11.7. The van der Waals surface area contributed by atoms with Crippen molar-refractivity contribution in [1.82, 2.24) is 9.97 Å². The van der Waals surface area contributed by atoms with E-state index < -0.39 is 11.6 Å². The van der Waals surface area contributed by atoms with Crippen LogP contribution >= 0.6 is 11.6 Å². The number of rotatable bonds is 3. The van der Waals surface area contributed by atoms with Crippen molar-refractivity contribution in [3.63, 3.8) is 0 Å². The van der Waals surface area contributed by atoms with Crippen molar-refractivity contribution < 1.29 is 14.0 Å². The van der Waals surface area contributed by atoms with E-state index in [0.29, 0.717) is 22.4 Å². The lowest BCUT2D eigenvalue weighted by Crippen LogP contribution is -1.99. The van der Waals surface area contributed by atoms with Gasteiger partial charge in [-0.05, 0) is 24.3 Å². The van der Waals surface area contributed by atoms with Gasteiger partial charge in [-0.15, -0.1) is 0 Å². The topological polar surface area (TPSA) is 70.1 Å². The average Bonchev–Trinajstić information content (AvgIpc) is 2.50. The maximum absolute atomic E-state index is 13.6. The summed E-state index contributed by atoms with van der Waals surface area (Å²) in [5.74, 6) is -0.817. The van der Waals surface area contributed by atoms with Gasteiger partial charge in [-0.2, -0.15) is 0 Å². The minimum Gasteiger partial charge on any atom is -0.340 e. The predicted octanol–water partition coefficient (Wildman–Crippen LogP) is 4.11. The van der Waals surface area contributed by atoms with E-state index in [4.69, 9.17) is 16.8 Å². The highest BCUT2D eigenvalue weighted by Crippen LogP contribution is 2.28. The molecular weight excluding hydrogens is 314 g/mol. The van der Waals surface area contributed by atoms with Crippen LogP contribution in [0.3, 0.4) is 0 Å². The first-order chi connectivity index (χ1) is 10.6. The first-order valence-corrected chi connectivity index (χ1v) is 6.52. The normalized spacial score (nSPS) is 10.7. The van der Waals surface area contributed by atoms with E-state index in [1.54, 1.807) is 5.48 Å². The number of nitrogens with one attached hydrogen (secondary N) is 2. The number of fused-ring (bicyclic) bond motifs is 1. The van der Waals surface area contributed by atoms with Crippen molar-refractivity contribution in [1.29, 1.82) is 0 Å². The lowest BCUT2D eigenvalue weighted by Gasteiger charge is -2.10. The monoisotopic (exact) mass is 322 g/mol. The van der Waals surface area contributed by atoms with Gasteiger partial charge in [0, 0.05) is 17.1 Å². The molecule has 0 radical (unpaired) electrons. The van der Waals surface area contributed by atoms with Crippen molar-refractivity contribution in [3.05, 3.63) is 53.3 Å². The maximum Gasteiger partial charge on any atom is 0.150 e. The van der Waals surface area contributed by atoms with Crippen molar-refractivity contribution in [3.8, 4) is 0 Å². The van der Waals surface area contributed by atoms with Crippen LogP contribution in [0.5, 0.6) is 0 Å². The van der Waals surface area contributed by atoms with Crippen molar-refractivity contribution >= 4 is 39.7 Å². The van der Waals surface area contributed by atoms with E-state index in [1.807, 2.05) is 0 Å². The van der Waals surface area contributed by atoms with Crippen LogP contribution in [0.15, 0.2) is 36.7 Å². The van der Waals surface area contributed by atoms with Gasteiger partial charge in [-0.3, -0.25) is 10.7 Å². The summed E-state index contributed by atoms with van der Waals surface area (Å²) < 4.78 is 26.8. The molecule has 0 spiro atoms. The molecule has 3 aromatic rings. The van der Waals surface area contributed by atoms with E-state index in [2.05, 4.69) is 15.3 Å². The Morgan fingerprint density at radius 2 is 1.86 bits per heavy atom. The van der Waals surface area contributed by atoms with E-state index in [-0.39, 0.29) is 10.7 Å². The molecule has 1 aromatic heterocycles. The van der Waals surface area contributed by atoms with Crippen LogP contribution in [0, 0.1) is 11.6 Å². The Balaban J connectivity index is 2.08. The molecule has 0 amide bonds. The molecule has 5 nitrogen and oxygen atoms in total. The van der Waals surface area contributed by atoms with E-state index >= 15 is 0 Å². The Labute approximate surface area is 128 Å². The first kappa shape index (κ1) is 14.4. The maximum atomic E-state index is 13.6. The van der Waals surface area contributed by atoms with Gasteiger partial charge in [0.1, 0.15) is 18.0 Å². The number of hydrogen-bond donors (Lipinski definition) is 3. The molecule has 0 fully saturated rings. The Hall–Kier alpha value is -2.51. The third-order valence-corrected chi connectivity index (χ3v) is 3.32. The Morgan fingerprint density at radius 1 is 1.05 bits per heavy atom. The van der Waals surface area contributed by atoms with E-state index in [0.717, 1.165) is 0 Å². The van der Waals surface area contributed by atoms with Crippen molar-refractivity contribution in [2.75, 3.05) is 10.8 Å². The van der Waals surface area contributed by atoms with Crippen LogP contribution in [0.1, 0.15) is 0 Å². The zero-order valence-electron chi connectivity index (χ0n) is 10.9. The molecule has 1 heterocycles. The Bertz CT molecular complexity index is 860. The van der Waals surface area contributed by atoms with Gasteiger partial charge >= 0.3 is 0 Å². The number of benzene rings is 2. The fraction of sp³-hybridized carbons (Fsp3) is 0. The molecule has 0 unspecified atom stereocenters. The van der Waals surface area contributed by atoms with Crippen LogP contribution in [-0.2, 0) is 0 Å². The number of halogens is 3. The second-order valence-corrected chi connectivity index (χ2v) is 4.84. The summed E-state index contributed by atoms with van der Waals surface area (Å²) in [5, 5.41) is 12.3. The minimum atomic E-state index is -0.649. The molecule has 0 aliphatic carbocycles. The summed E-state index contributed by atoms with van der Waals surface area (Å²) >= 11 is 5.73. The van der Waals surface area contributed by atoms with Crippen LogP contribution in [0.4, 0.5) is 26.0 Å². The number of anilines is 3. The highest BCUT2D eigenvalue weighted by molar-refractivity contribution is 6.31. The van der Waals surface area contributed by atoms with Gasteiger partial charge in [-0.25, -0.2) is 18.7 Å². The standard InChI is InChI=1S/C14H9ClF2N4O/c15-9-3-7(1-2-10(9)16)20-14-8-4-13(21-22)11(17)5-12(8)18-6-19-14/h1-6,21-22H,(H,18,19,20). The molecule has 0 saturated carbocycles. The SMILES string of the molecule is ONc1cc2c(Nc3ccc(F)c(Cl)c3)ncnc2cc1F. The largest absolute Gasteiger partial charge is 0.340 e. The molecule has 3 rings (SSSR count). The van der Waals surface area contributed by atoms with Crippen LogP contribution in [0.2, 0.25) is 5.02 Å². The minimum absolute atomic E-state index is 0.0351. The molecule has 22 heavy (non-hydrogen) atoms. The fourth-order valence-corrected chi connectivity index (χ4v) is 2.15. The summed E-state index contributed by atoms with van der Waals surface area (Å²) in [6, 6.07) is 6.63. The van der Waals surface area contributed by atoms with Gasteiger partial charge < -0.3 is 5.32 Å². The van der Waals surface area contributed by atoms with E-state index in [9.17, 15) is 8.78 Å². The van der Waals surface area contributed by atoms with Crippen LogP contribution in [0.25, 0.3) is 10.9 Å². The quantitative estimate of drug-likeness (QED) is 0.633. The second-order valence-electron chi connectivity index (χ2n) is 4.44. The molecule has 0 atom stereocenters. The zero-order chi connectivity index (χ0) is 15.7. The molecule has 0 aliphatic rings. The van der Waals surface area contributed by atoms with E-state index in [1.165, 1.54) is 36.7 Å². The van der Waals surface area contributed by atoms with Gasteiger partial charge in [0.25, 0.3) is 0 Å². The summed E-state index contributed by atoms with van der Waals surface area (Å²) in [4.78, 5) is 8.03. The second kappa shape index (κ2) is 5.70. The summed E-state index contributed by atoms with van der Waals surface area (Å²) in [7, 11) is 0. The molecule has 3 N–H and O–H groups in total. The number of aromatic nitrogens is 2. The lowest BCUT2D eigenvalue weighted by atomic mass is 10.2. The number of nitrogens with zero attached hydrogens (tertiary/aromatic N) is 2. The summed E-state index contributed by atoms with van der Waals surface area (Å²) in [6.07, 6.45) is 1.27. The predicted molar refractivity (Wildman–Crippen MR) is 79.6 cm³/mol. The Morgan fingerprint density at radius 3 is 2.59 bits per heavy atom. The number of hydrogen-bond acceptors (Lipinski definition) is 5. The summed E-state index contributed by atoms with van der Waals surface area (Å²) in [6.45, 7) is 0. The van der Waals surface area contributed by atoms with Gasteiger partial charge in [0.2, 0.25) is 0 Å². The third-order valence-electron chi connectivity index (χ3n) is 3.03. The molecular formula is C14H9ClF2N4O. The Kier molecular flexibility index (Phi) is 3.74. The summed E-state index contributed by atoms with van der Waals surface area (Å²) in [5.41, 5.74) is 2.52. The highest BCUT2D eigenvalue weighted by Gasteiger charge is 2.10. The molecule has 0 bridgehead atoms. The van der Waals surface area contributed by atoms with Crippen LogP contribution < -0.4 is 10.8 Å². The molecule has 0 aliphatic heterocycles. The third kappa shape index (κ3) is 2.63. The van der Waals surface area contributed by atoms with Crippen molar-refractivity contribution in [2.24, 2.45) is 0 Å². The molecule has 8 heteroatoms. The van der Waals surface area contributed by atoms with Gasteiger partial charge in [-0.1, -0.05) is 11.6 Å². The highest BCUT2D eigenvalue weighted by atomic mass is 35.5. The molecule has 2 aromatic carbocycles. The van der Waals surface area contributed by atoms with Gasteiger partial charge in [0.15, 0.2) is 5.82 Å². The lowest BCUT2D eigenvalue weighted by molar-refractivity contribution is 0.384. The first-order valence-electron chi connectivity index (χ1n) is 6.15. The van der Waals surface area contributed by atoms with Gasteiger partial charge in [0.05, 0.1) is 16.2 Å². The average molecular weight is 323 g/mol. The van der Waals surface area contributed by atoms with Crippen LogP contribution in [-0.4, -0.2) is 15.2 Å². The fourth-order valence-electron chi connectivity index (χ4n) is 1.97. The molecule has 112 valence electrons. The molecule has 0 saturated heterocycles. The van der Waals surface area contributed by atoms with Crippen molar-refractivity contribution in [2.45, 2.75) is 0 Å².